The minimum absolute atomic E-state index is 0.0508. The molecule has 8 heteroatoms. The molecule has 1 heterocycles. The Morgan fingerprint density at radius 1 is 0.914 bits per heavy atom. The standard InChI is InChI=1S/C27H25F4NO3/c1-16-14-26(2,3)32-21-12-11-18(19-10-9-17(28)13-24(19)33-4)20(25(16)21)15-34-22-7-5-6-8-23(22)35-27(29,30)31/h5-14,32H,15H2,1-4H3. The van der Waals surface area contributed by atoms with Crippen LogP contribution >= 0.6 is 0 Å². The van der Waals surface area contributed by atoms with E-state index in [1.54, 1.807) is 12.1 Å². The van der Waals surface area contributed by atoms with E-state index in [2.05, 4.69) is 16.1 Å². The number of halogens is 4. The maximum Gasteiger partial charge on any atom is 0.573 e. The number of rotatable bonds is 6. The van der Waals surface area contributed by atoms with Crippen molar-refractivity contribution in [2.75, 3.05) is 12.4 Å². The summed E-state index contributed by atoms with van der Waals surface area (Å²) in [4.78, 5) is 0. The van der Waals surface area contributed by atoms with E-state index in [9.17, 15) is 17.6 Å². The van der Waals surface area contributed by atoms with E-state index in [0.717, 1.165) is 16.8 Å². The Morgan fingerprint density at radius 3 is 2.29 bits per heavy atom. The van der Waals surface area contributed by atoms with E-state index in [4.69, 9.17) is 9.47 Å². The third kappa shape index (κ3) is 5.37. The van der Waals surface area contributed by atoms with Crippen LogP contribution in [-0.4, -0.2) is 19.0 Å². The number of hydrogen-bond donors (Lipinski definition) is 1. The fourth-order valence-corrected chi connectivity index (χ4v) is 4.42. The Hall–Kier alpha value is -3.68. The zero-order chi connectivity index (χ0) is 25.4. The molecule has 0 atom stereocenters. The highest BCUT2D eigenvalue weighted by Gasteiger charge is 2.33. The summed E-state index contributed by atoms with van der Waals surface area (Å²) in [5.74, 6) is -0.598. The quantitative estimate of drug-likeness (QED) is 0.364. The molecule has 0 amide bonds. The van der Waals surface area contributed by atoms with Crippen LogP contribution in [0.1, 0.15) is 31.9 Å². The summed E-state index contributed by atoms with van der Waals surface area (Å²) in [5, 5.41) is 3.47. The summed E-state index contributed by atoms with van der Waals surface area (Å²) >= 11 is 0. The molecule has 0 spiro atoms. The predicted molar refractivity (Wildman–Crippen MR) is 127 cm³/mol. The van der Waals surface area contributed by atoms with Gasteiger partial charge in [-0.25, -0.2) is 4.39 Å². The van der Waals surface area contributed by atoms with Gasteiger partial charge in [-0.2, -0.15) is 0 Å². The molecule has 0 bridgehead atoms. The molecule has 3 aromatic carbocycles. The first-order valence-electron chi connectivity index (χ1n) is 10.9. The number of benzene rings is 3. The summed E-state index contributed by atoms with van der Waals surface area (Å²) in [7, 11) is 1.45. The molecule has 0 unspecified atom stereocenters. The Kier molecular flexibility index (Phi) is 6.40. The molecule has 0 aromatic heterocycles. The summed E-state index contributed by atoms with van der Waals surface area (Å²) in [6, 6.07) is 13.6. The Balaban J connectivity index is 1.83. The number of ether oxygens (including phenoxy) is 3. The maximum atomic E-state index is 13.9. The van der Waals surface area contributed by atoms with Gasteiger partial charge >= 0.3 is 6.36 Å². The number of anilines is 1. The van der Waals surface area contributed by atoms with E-state index in [0.29, 0.717) is 22.4 Å². The van der Waals surface area contributed by atoms with Crippen molar-refractivity contribution in [3.63, 3.8) is 0 Å². The zero-order valence-corrected chi connectivity index (χ0v) is 19.7. The highest BCUT2D eigenvalue weighted by molar-refractivity contribution is 5.88. The van der Waals surface area contributed by atoms with Crippen molar-refractivity contribution in [3.05, 3.63) is 77.6 Å². The molecule has 0 saturated heterocycles. The summed E-state index contributed by atoms with van der Waals surface area (Å²) in [6.45, 7) is 5.98. The molecule has 35 heavy (non-hydrogen) atoms. The second-order valence-electron chi connectivity index (χ2n) is 8.82. The van der Waals surface area contributed by atoms with Crippen molar-refractivity contribution in [3.8, 4) is 28.4 Å². The molecule has 1 N–H and O–H groups in total. The second-order valence-corrected chi connectivity index (χ2v) is 8.82. The number of nitrogens with one attached hydrogen (secondary N) is 1. The summed E-state index contributed by atoms with van der Waals surface area (Å²) in [6.07, 6.45) is -2.78. The normalized spacial score (nSPS) is 14.5. The molecular formula is C27H25F4NO3. The molecule has 184 valence electrons. The van der Waals surface area contributed by atoms with E-state index < -0.39 is 17.9 Å². The van der Waals surface area contributed by atoms with Crippen LogP contribution < -0.4 is 19.5 Å². The topological polar surface area (TPSA) is 39.7 Å². The first-order valence-corrected chi connectivity index (χ1v) is 10.9. The van der Waals surface area contributed by atoms with Gasteiger partial charge in [-0.3, -0.25) is 0 Å². The van der Waals surface area contributed by atoms with Crippen LogP contribution in [-0.2, 0) is 6.61 Å². The Labute approximate surface area is 201 Å². The van der Waals surface area contributed by atoms with Crippen LogP contribution in [0.5, 0.6) is 17.2 Å². The minimum Gasteiger partial charge on any atom is -0.496 e. The fourth-order valence-electron chi connectivity index (χ4n) is 4.42. The zero-order valence-electron chi connectivity index (χ0n) is 19.7. The molecule has 0 aliphatic carbocycles. The molecule has 4 nitrogen and oxygen atoms in total. The Bertz CT molecular complexity index is 1280. The maximum absolute atomic E-state index is 13.9. The van der Waals surface area contributed by atoms with E-state index in [1.165, 1.54) is 37.4 Å². The predicted octanol–water partition coefficient (Wildman–Crippen LogP) is 7.59. The van der Waals surface area contributed by atoms with Crippen molar-refractivity contribution in [2.45, 2.75) is 39.3 Å². The van der Waals surface area contributed by atoms with E-state index in [-0.39, 0.29) is 17.9 Å². The average Bonchev–Trinajstić information content (AvgIpc) is 2.76. The van der Waals surface area contributed by atoms with Gasteiger partial charge in [-0.05, 0) is 62.2 Å². The van der Waals surface area contributed by atoms with Gasteiger partial charge in [0.25, 0.3) is 0 Å². The van der Waals surface area contributed by atoms with Crippen LogP contribution in [0.3, 0.4) is 0 Å². The summed E-state index contributed by atoms with van der Waals surface area (Å²) < 4.78 is 68.0. The third-order valence-corrected chi connectivity index (χ3v) is 5.64. The first-order chi connectivity index (χ1) is 16.5. The van der Waals surface area contributed by atoms with Crippen molar-refractivity contribution in [1.82, 2.24) is 0 Å². The molecule has 1 aliphatic rings. The molecular weight excluding hydrogens is 462 g/mol. The van der Waals surface area contributed by atoms with Gasteiger partial charge in [0, 0.05) is 28.4 Å². The molecule has 4 rings (SSSR count). The fraction of sp³-hybridized carbons (Fsp3) is 0.259. The molecule has 3 aromatic rings. The van der Waals surface area contributed by atoms with E-state index >= 15 is 0 Å². The van der Waals surface area contributed by atoms with Gasteiger partial charge in [-0.1, -0.05) is 24.3 Å². The average molecular weight is 487 g/mol. The van der Waals surface area contributed by atoms with Crippen molar-refractivity contribution in [1.29, 1.82) is 0 Å². The number of para-hydroxylation sites is 2. The monoisotopic (exact) mass is 487 g/mol. The van der Waals surface area contributed by atoms with Crippen LogP contribution in [0.15, 0.2) is 60.7 Å². The van der Waals surface area contributed by atoms with Crippen LogP contribution in [0.25, 0.3) is 16.7 Å². The van der Waals surface area contributed by atoms with Crippen molar-refractivity contribution >= 4 is 11.3 Å². The number of fused-ring (bicyclic) bond motifs is 1. The van der Waals surface area contributed by atoms with Gasteiger partial charge in [0.05, 0.1) is 12.6 Å². The molecule has 0 fully saturated rings. The number of hydrogen-bond acceptors (Lipinski definition) is 4. The van der Waals surface area contributed by atoms with Gasteiger partial charge in [0.15, 0.2) is 11.5 Å². The summed E-state index contributed by atoms with van der Waals surface area (Å²) in [5.41, 5.74) is 4.46. The second kappa shape index (κ2) is 9.17. The van der Waals surface area contributed by atoms with Gasteiger partial charge < -0.3 is 19.5 Å². The molecule has 0 radical (unpaired) electrons. The lowest BCUT2D eigenvalue weighted by molar-refractivity contribution is -0.275. The first kappa shape index (κ1) is 24.4. The van der Waals surface area contributed by atoms with Crippen LogP contribution in [0.4, 0.5) is 23.2 Å². The highest BCUT2D eigenvalue weighted by atomic mass is 19.4. The number of methoxy groups -OCH3 is 1. The largest absolute Gasteiger partial charge is 0.573 e. The lowest BCUT2D eigenvalue weighted by atomic mass is 9.85. The van der Waals surface area contributed by atoms with Gasteiger partial charge in [-0.15, -0.1) is 13.2 Å². The minimum atomic E-state index is -4.85. The SMILES string of the molecule is COc1cc(F)ccc1-c1ccc2c(c1COc1ccccc1OC(F)(F)F)C(C)=CC(C)(C)N2. The lowest BCUT2D eigenvalue weighted by Crippen LogP contribution is -2.32. The highest BCUT2D eigenvalue weighted by Crippen LogP contribution is 2.43. The van der Waals surface area contributed by atoms with Crippen LogP contribution in [0.2, 0.25) is 0 Å². The van der Waals surface area contributed by atoms with Gasteiger partial charge in [0.2, 0.25) is 0 Å². The lowest BCUT2D eigenvalue weighted by Gasteiger charge is -2.33. The molecule has 1 aliphatic heterocycles. The van der Waals surface area contributed by atoms with Crippen LogP contribution in [0, 0.1) is 5.82 Å². The molecule has 0 saturated carbocycles. The smallest absolute Gasteiger partial charge is 0.496 e. The van der Waals surface area contributed by atoms with Gasteiger partial charge in [0.1, 0.15) is 18.2 Å². The number of alkyl halides is 3. The van der Waals surface area contributed by atoms with E-state index in [1.807, 2.05) is 32.9 Å². The third-order valence-electron chi connectivity index (χ3n) is 5.64. The Morgan fingerprint density at radius 2 is 1.60 bits per heavy atom. The number of allylic oxidation sites excluding steroid dienone is 1. The van der Waals surface area contributed by atoms with Crippen molar-refractivity contribution in [2.24, 2.45) is 0 Å². The van der Waals surface area contributed by atoms with Crippen molar-refractivity contribution < 1.29 is 31.8 Å².